The van der Waals surface area contributed by atoms with E-state index >= 15 is 0 Å². The molecule has 84 valence electrons. The van der Waals surface area contributed by atoms with Crippen LogP contribution >= 0.6 is 7.92 Å². The average molecular weight is 222 g/mol. The van der Waals surface area contributed by atoms with Gasteiger partial charge in [0, 0.05) is 0 Å². The Bertz CT molecular complexity index is 325. The minimum atomic E-state index is 0.161. The largest absolute Gasteiger partial charge is 0.0992 e. The lowest BCUT2D eigenvalue weighted by molar-refractivity contribution is 0.675. The highest BCUT2D eigenvalue weighted by Gasteiger charge is 2.75. The standard InChI is InChI=1S/C14H23P/c1-9-10-7-13(10,5)15(12(2,3)4)14(6)8-11(9)14/h10-11H,1,7-8H2,2-6H3. The molecule has 0 radical (unpaired) electrons. The Labute approximate surface area is 95.3 Å². The topological polar surface area (TPSA) is 0 Å². The third kappa shape index (κ3) is 1.08. The maximum Gasteiger partial charge on any atom is -0.00412 e. The second kappa shape index (κ2) is 2.37. The summed E-state index contributed by atoms with van der Waals surface area (Å²) in [4.78, 5) is 0. The number of fused-ring (bicyclic) bond motifs is 2. The van der Waals surface area contributed by atoms with E-state index in [1.165, 1.54) is 12.8 Å². The molecular weight excluding hydrogens is 199 g/mol. The number of hydrogen-bond acceptors (Lipinski definition) is 0. The van der Waals surface area contributed by atoms with Crippen molar-refractivity contribution in [1.29, 1.82) is 0 Å². The van der Waals surface area contributed by atoms with E-state index < -0.39 is 0 Å². The molecule has 1 saturated heterocycles. The van der Waals surface area contributed by atoms with Crippen molar-refractivity contribution in [3.63, 3.8) is 0 Å². The Hall–Kier alpha value is 0.170. The van der Waals surface area contributed by atoms with Crippen molar-refractivity contribution in [3.8, 4) is 0 Å². The highest BCUT2D eigenvalue weighted by Crippen LogP contribution is 2.90. The third-order valence-corrected chi connectivity index (χ3v) is 9.38. The molecule has 2 aliphatic carbocycles. The van der Waals surface area contributed by atoms with E-state index in [0.717, 1.165) is 11.8 Å². The molecule has 0 aromatic heterocycles. The molecule has 0 N–H and O–H groups in total. The highest BCUT2D eigenvalue weighted by atomic mass is 31.1. The molecule has 0 bridgehead atoms. The molecule has 4 atom stereocenters. The quantitative estimate of drug-likeness (QED) is 0.421. The van der Waals surface area contributed by atoms with Crippen LogP contribution in [0.2, 0.25) is 0 Å². The highest BCUT2D eigenvalue weighted by molar-refractivity contribution is 7.63. The van der Waals surface area contributed by atoms with Gasteiger partial charge >= 0.3 is 0 Å². The first kappa shape index (κ1) is 10.3. The van der Waals surface area contributed by atoms with Gasteiger partial charge in [-0.1, -0.05) is 54.7 Å². The van der Waals surface area contributed by atoms with E-state index in [4.69, 9.17) is 0 Å². The lowest BCUT2D eigenvalue weighted by atomic mass is 10.0. The fourth-order valence-corrected chi connectivity index (χ4v) is 10.5. The van der Waals surface area contributed by atoms with E-state index in [1.54, 1.807) is 5.57 Å². The van der Waals surface area contributed by atoms with Crippen molar-refractivity contribution < 1.29 is 0 Å². The smallest absolute Gasteiger partial charge is 0.00412 e. The van der Waals surface area contributed by atoms with Gasteiger partial charge < -0.3 is 0 Å². The Morgan fingerprint density at radius 3 is 1.87 bits per heavy atom. The molecule has 0 amide bonds. The van der Waals surface area contributed by atoms with Gasteiger partial charge in [-0.3, -0.25) is 0 Å². The van der Waals surface area contributed by atoms with Crippen LogP contribution in [-0.4, -0.2) is 15.5 Å². The molecule has 0 spiro atoms. The first-order valence-electron chi connectivity index (χ1n) is 6.20. The Kier molecular flexibility index (Phi) is 1.64. The SMILES string of the molecule is C=C1C2CC2(C)P(C(C)(C)C)C2(C)CC12. The van der Waals surface area contributed by atoms with Crippen LogP contribution in [0.5, 0.6) is 0 Å². The summed E-state index contributed by atoms with van der Waals surface area (Å²) < 4.78 is 0. The summed E-state index contributed by atoms with van der Waals surface area (Å²) >= 11 is 0. The van der Waals surface area contributed by atoms with E-state index in [1.807, 2.05) is 0 Å². The van der Waals surface area contributed by atoms with Crippen molar-refractivity contribution in [2.75, 3.05) is 0 Å². The van der Waals surface area contributed by atoms with Crippen LogP contribution in [0.4, 0.5) is 0 Å². The van der Waals surface area contributed by atoms with Gasteiger partial charge in [-0.25, -0.2) is 0 Å². The number of allylic oxidation sites excluding steroid dienone is 1. The lowest BCUT2D eigenvalue weighted by Crippen LogP contribution is -2.32. The van der Waals surface area contributed by atoms with E-state index in [0.29, 0.717) is 15.5 Å². The van der Waals surface area contributed by atoms with Crippen LogP contribution in [0.3, 0.4) is 0 Å². The molecule has 0 aromatic carbocycles. The molecule has 0 aromatic rings. The maximum absolute atomic E-state index is 4.38. The van der Waals surface area contributed by atoms with Crippen molar-refractivity contribution in [2.45, 2.75) is 62.9 Å². The Morgan fingerprint density at radius 1 is 1.13 bits per heavy atom. The van der Waals surface area contributed by atoms with Crippen LogP contribution < -0.4 is 0 Å². The van der Waals surface area contributed by atoms with Crippen LogP contribution in [0.15, 0.2) is 12.2 Å². The summed E-state index contributed by atoms with van der Waals surface area (Å²) in [5.41, 5.74) is 1.61. The minimum absolute atomic E-state index is 0.161. The summed E-state index contributed by atoms with van der Waals surface area (Å²) in [5.74, 6) is 1.78. The van der Waals surface area contributed by atoms with Gasteiger partial charge in [0.05, 0.1) is 0 Å². The molecule has 1 aliphatic heterocycles. The molecule has 3 fully saturated rings. The van der Waals surface area contributed by atoms with Gasteiger partial charge in [0.1, 0.15) is 0 Å². The maximum atomic E-state index is 4.38. The number of hydrogen-bond donors (Lipinski definition) is 0. The Balaban J connectivity index is 2.04. The van der Waals surface area contributed by atoms with Gasteiger partial charge in [-0.15, -0.1) is 0 Å². The average Bonchev–Trinajstić information content (AvgIpc) is 2.84. The predicted molar refractivity (Wildman–Crippen MR) is 68.8 cm³/mol. The first-order chi connectivity index (χ1) is 6.71. The van der Waals surface area contributed by atoms with Crippen molar-refractivity contribution in [1.82, 2.24) is 0 Å². The summed E-state index contributed by atoms with van der Waals surface area (Å²) in [6.07, 6.45) is 2.89. The van der Waals surface area contributed by atoms with E-state index in [9.17, 15) is 0 Å². The monoisotopic (exact) mass is 222 g/mol. The minimum Gasteiger partial charge on any atom is -0.0992 e. The van der Waals surface area contributed by atoms with Gasteiger partial charge in [-0.05, 0) is 40.1 Å². The zero-order valence-corrected chi connectivity index (χ0v) is 11.6. The molecule has 15 heavy (non-hydrogen) atoms. The van der Waals surface area contributed by atoms with Crippen LogP contribution in [0.1, 0.15) is 47.5 Å². The predicted octanol–water partition coefficient (Wildman–Crippen LogP) is 4.39. The van der Waals surface area contributed by atoms with Crippen molar-refractivity contribution in [2.24, 2.45) is 11.8 Å². The molecule has 3 aliphatic rings. The molecule has 4 unspecified atom stereocenters. The third-order valence-electron chi connectivity index (χ3n) is 5.00. The fraction of sp³-hybridized carbons (Fsp3) is 0.857. The lowest BCUT2D eigenvalue weighted by Gasteiger charge is -2.45. The van der Waals surface area contributed by atoms with Crippen molar-refractivity contribution >= 4 is 7.92 Å². The number of rotatable bonds is 0. The first-order valence-corrected chi connectivity index (χ1v) is 7.54. The molecular formula is C14H23P. The van der Waals surface area contributed by atoms with Gasteiger partial charge in [0.15, 0.2) is 0 Å². The van der Waals surface area contributed by atoms with Crippen molar-refractivity contribution in [3.05, 3.63) is 12.2 Å². The second-order valence-corrected chi connectivity index (χ2v) is 11.4. The molecule has 3 rings (SSSR count). The molecule has 2 saturated carbocycles. The van der Waals surface area contributed by atoms with E-state index in [-0.39, 0.29) is 7.92 Å². The zero-order chi connectivity index (χ0) is 11.2. The fourth-order valence-electron chi connectivity index (χ4n) is 4.62. The van der Waals surface area contributed by atoms with Crippen LogP contribution in [0.25, 0.3) is 0 Å². The van der Waals surface area contributed by atoms with Gasteiger partial charge in [0.2, 0.25) is 0 Å². The molecule has 1 heteroatoms. The Morgan fingerprint density at radius 2 is 1.53 bits per heavy atom. The normalized spacial score (nSPS) is 57.1. The summed E-state index contributed by atoms with van der Waals surface area (Å²) in [6, 6.07) is 0. The zero-order valence-electron chi connectivity index (χ0n) is 10.7. The van der Waals surface area contributed by atoms with E-state index in [2.05, 4.69) is 41.2 Å². The molecule has 1 heterocycles. The van der Waals surface area contributed by atoms with Crippen LogP contribution in [-0.2, 0) is 0 Å². The summed E-state index contributed by atoms with van der Waals surface area (Å²) in [7, 11) is 0.161. The van der Waals surface area contributed by atoms with Gasteiger partial charge in [-0.2, -0.15) is 0 Å². The van der Waals surface area contributed by atoms with Crippen LogP contribution in [0, 0.1) is 11.8 Å². The summed E-state index contributed by atoms with van der Waals surface area (Å²) in [5, 5.41) is 1.85. The summed E-state index contributed by atoms with van der Waals surface area (Å²) in [6.45, 7) is 16.9. The second-order valence-electron chi connectivity index (χ2n) is 7.31. The molecule has 0 nitrogen and oxygen atoms in total. The van der Waals surface area contributed by atoms with Gasteiger partial charge in [0.25, 0.3) is 0 Å².